The summed E-state index contributed by atoms with van der Waals surface area (Å²) in [4.78, 5) is 10.0. The van der Waals surface area contributed by atoms with Crippen LogP contribution in [0.15, 0.2) is 0 Å². The maximum atomic E-state index is 10.0. The van der Waals surface area contributed by atoms with Crippen molar-refractivity contribution in [2.24, 2.45) is 0 Å². The van der Waals surface area contributed by atoms with E-state index < -0.39 is 9.04 Å². The van der Waals surface area contributed by atoms with Crippen LogP contribution in [0.1, 0.15) is 6.92 Å². The maximum Gasteiger partial charge on any atom is 0.219 e. The normalized spacial score (nSPS) is 15.0. The van der Waals surface area contributed by atoms with Crippen molar-refractivity contribution in [3.05, 3.63) is 0 Å². The van der Waals surface area contributed by atoms with Crippen molar-refractivity contribution >= 4 is 9.04 Å². The molecule has 0 N–H and O–H groups in total. The SMILES string of the molecule is CC[SiH](C)[O]. The Bertz CT molecular complexity index is 20.9. The molecule has 31 valence electrons. The van der Waals surface area contributed by atoms with E-state index >= 15 is 0 Å². The average molecular weight is 89.2 g/mol. The van der Waals surface area contributed by atoms with Gasteiger partial charge in [-0.2, -0.15) is 0 Å². The molecule has 0 aromatic rings. The topological polar surface area (TPSA) is 19.9 Å². The minimum Gasteiger partial charge on any atom is -0.302 e. The zero-order chi connectivity index (χ0) is 4.28. The Kier molecular flexibility index (Phi) is 2.50. The first kappa shape index (κ1) is 5.18. The Morgan fingerprint density at radius 2 is 2.00 bits per heavy atom. The Balaban J connectivity index is 2.54. The van der Waals surface area contributed by atoms with Crippen LogP contribution in [0.4, 0.5) is 0 Å². The van der Waals surface area contributed by atoms with Crippen molar-refractivity contribution in [3.8, 4) is 0 Å². The van der Waals surface area contributed by atoms with Crippen molar-refractivity contribution in [3.63, 3.8) is 0 Å². The molecule has 0 aliphatic rings. The summed E-state index contributed by atoms with van der Waals surface area (Å²) in [6.07, 6.45) is 0. The lowest BCUT2D eigenvalue weighted by atomic mass is 11.0. The van der Waals surface area contributed by atoms with Gasteiger partial charge in [-0.15, -0.1) is 0 Å². The first-order valence-electron chi connectivity index (χ1n) is 1.93. The van der Waals surface area contributed by atoms with Crippen LogP contribution in [-0.2, 0) is 4.80 Å². The van der Waals surface area contributed by atoms with Crippen molar-refractivity contribution in [1.29, 1.82) is 0 Å². The van der Waals surface area contributed by atoms with E-state index in [0.717, 1.165) is 6.04 Å². The average Bonchev–Trinajstić information content (AvgIpc) is 1.38. The first-order chi connectivity index (χ1) is 2.27. The highest BCUT2D eigenvalue weighted by molar-refractivity contribution is 6.47. The molecule has 0 rings (SSSR count). The van der Waals surface area contributed by atoms with Crippen molar-refractivity contribution < 1.29 is 4.80 Å². The van der Waals surface area contributed by atoms with Crippen molar-refractivity contribution in [2.45, 2.75) is 19.5 Å². The molecule has 1 unspecified atom stereocenters. The molecule has 0 spiro atoms. The highest BCUT2D eigenvalue weighted by Gasteiger charge is 1.90. The Hall–Kier alpha value is 0.177. The van der Waals surface area contributed by atoms with Gasteiger partial charge in [-0.3, -0.25) is 0 Å². The van der Waals surface area contributed by atoms with Crippen LogP contribution in [0.2, 0.25) is 12.6 Å². The molecule has 0 bridgehead atoms. The van der Waals surface area contributed by atoms with E-state index in [2.05, 4.69) is 0 Å². The number of rotatable bonds is 1. The molecule has 0 aliphatic heterocycles. The third-order valence-corrected chi connectivity index (χ3v) is 1.72. The Morgan fingerprint density at radius 3 is 2.00 bits per heavy atom. The zero-order valence-corrected chi connectivity index (χ0v) is 4.85. The van der Waals surface area contributed by atoms with Gasteiger partial charge in [0.05, 0.1) is 0 Å². The lowest BCUT2D eigenvalue weighted by molar-refractivity contribution is 0.453. The zero-order valence-electron chi connectivity index (χ0n) is 3.69. The summed E-state index contributed by atoms with van der Waals surface area (Å²) in [7, 11) is -1.40. The number of hydrogen-bond donors (Lipinski definition) is 0. The largest absolute Gasteiger partial charge is 0.302 e. The molecule has 0 aromatic carbocycles. The molecule has 0 saturated heterocycles. The van der Waals surface area contributed by atoms with Crippen LogP contribution in [0.25, 0.3) is 0 Å². The van der Waals surface area contributed by atoms with E-state index in [4.69, 9.17) is 0 Å². The fourth-order valence-corrected chi connectivity index (χ4v) is 0. The lowest BCUT2D eigenvalue weighted by Gasteiger charge is -1.82. The summed E-state index contributed by atoms with van der Waals surface area (Å²) < 4.78 is 0. The molecular formula is C3H9OSi. The highest BCUT2D eigenvalue weighted by atomic mass is 28.3. The third kappa shape index (κ3) is 4.18. The van der Waals surface area contributed by atoms with E-state index in [1.165, 1.54) is 0 Å². The van der Waals surface area contributed by atoms with Crippen LogP contribution < -0.4 is 0 Å². The first-order valence-corrected chi connectivity index (χ1v) is 4.37. The quantitative estimate of drug-likeness (QED) is 0.423. The van der Waals surface area contributed by atoms with Gasteiger partial charge in [-0.25, -0.2) is 0 Å². The van der Waals surface area contributed by atoms with Gasteiger partial charge in [-0.05, 0) is 12.6 Å². The Labute approximate surface area is 34.4 Å². The van der Waals surface area contributed by atoms with Crippen LogP contribution >= 0.6 is 0 Å². The van der Waals surface area contributed by atoms with E-state index in [1.54, 1.807) is 6.55 Å². The summed E-state index contributed by atoms with van der Waals surface area (Å²) in [5.74, 6) is 0. The second-order valence-corrected chi connectivity index (χ2v) is 3.66. The number of hydrogen-bond acceptors (Lipinski definition) is 0. The maximum absolute atomic E-state index is 10.0. The third-order valence-electron chi connectivity index (χ3n) is 0.575. The summed E-state index contributed by atoms with van der Waals surface area (Å²) in [6.45, 7) is 3.75. The predicted molar refractivity (Wildman–Crippen MR) is 24.2 cm³/mol. The molecule has 1 radical (unpaired) electrons. The standard InChI is InChI=1S/C3H9OSi/c1-3-5(2)4/h5H,3H2,1-2H3. The molecule has 0 fully saturated rings. The molecular weight excluding hydrogens is 80.1 g/mol. The summed E-state index contributed by atoms with van der Waals surface area (Å²) in [5.41, 5.74) is 0. The minimum atomic E-state index is -1.40. The molecule has 1 nitrogen and oxygen atoms in total. The van der Waals surface area contributed by atoms with Crippen LogP contribution in [0.3, 0.4) is 0 Å². The summed E-state index contributed by atoms with van der Waals surface area (Å²) in [6, 6.07) is 0.889. The smallest absolute Gasteiger partial charge is 0.219 e. The van der Waals surface area contributed by atoms with Crippen LogP contribution in [-0.4, -0.2) is 9.04 Å². The van der Waals surface area contributed by atoms with Gasteiger partial charge in [0.15, 0.2) is 0 Å². The molecule has 0 heterocycles. The molecule has 0 amide bonds. The van der Waals surface area contributed by atoms with Crippen LogP contribution in [0, 0.1) is 0 Å². The molecule has 0 aromatic heterocycles. The predicted octanol–water partition coefficient (Wildman–Crippen LogP) is 0.790. The van der Waals surface area contributed by atoms with E-state index in [0.29, 0.717) is 0 Å². The van der Waals surface area contributed by atoms with Crippen LogP contribution in [0.5, 0.6) is 0 Å². The second-order valence-electron chi connectivity index (χ2n) is 1.22. The highest BCUT2D eigenvalue weighted by Crippen LogP contribution is 1.80. The minimum absolute atomic E-state index is 0.889. The fourth-order valence-electron chi connectivity index (χ4n) is 0. The van der Waals surface area contributed by atoms with E-state index in [-0.39, 0.29) is 0 Å². The summed E-state index contributed by atoms with van der Waals surface area (Å²) >= 11 is 0. The molecule has 5 heavy (non-hydrogen) atoms. The Morgan fingerprint density at radius 1 is 1.80 bits per heavy atom. The monoisotopic (exact) mass is 89.0 g/mol. The molecule has 1 atom stereocenters. The van der Waals surface area contributed by atoms with E-state index in [9.17, 15) is 4.80 Å². The fraction of sp³-hybridized carbons (Fsp3) is 1.00. The van der Waals surface area contributed by atoms with Crippen molar-refractivity contribution in [2.75, 3.05) is 0 Å². The van der Waals surface area contributed by atoms with Crippen molar-refractivity contribution in [1.82, 2.24) is 0 Å². The van der Waals surface area contributed by atoms with Gasteiger partial charge < -0.3 is 4.80 Å². The van der Waals surface area contributed by atoms with Gasteiger partial charge in [0.25, 0.3) is 0 Å². The molecule has 2 heteroatoms. The second kappa shape index (κ2) is 2.42. The van der Waals surface area contributed by atoms with Gasteiger partial charge in [0, 0.05) is 0 Å². The van der Waals surface area contributed by atoms with E-state index in [1.807, 2.05) is 6.92 Å². The molecule has 0 saturated carbocycles. The molecule has 0 aliphatic carbocycles. The lowest BCUT2D eigenvalue weighted by Crippen LogP contribution is -1.97. The van der Waals surface area contributed by atoms with Gasteiger partial charge in [0.2, 0.25) is 9.04 Å². The van der Waals surface area contributed by atoms with Gasteiger partial charge >= 0.3 is 0 Å². The van der Waals surface area contributed by atoms with Gasteiger partial charge in [-0.1, -0.05) is 6.92 Å². The van der Waals surface area contributed by atoms with Gasteiger partial charge in [0.1, 0.15) is 0 Å². The summed E-state index contributed by atoms with van der Waals surface area (Å²) in [5, 5.41) is 0.